The van der Waals surface area contributed by atoms with Gasteiger partial charge in [-0.3, -0.25) is 0 Å². The molecule has 0 saturated heterocycles. The van der Waals surface area contributed by atoms with E-state index in [0.29, 0.717) is 5.00 Å². The van der Waals surface area contributed by atoms with Gasteiger partial charge < -0.3 is 16.2 Å². The van der Waals surface area contributed by atoms with Crippen molar-refractivity contribution in [2.45, 2.75) is 37.6 Å². The van der Waals surface area contributed by atoms with Crippen LogP contribution in [0.3, 0.4) is 0 Å². The molecule has 1 heterocycles. The Morgan fingerprint density at radius 3 is 2.73 bits per heavy atom. The first kappa shape index (κ1) is 10.7. The molecule has 0 bridgehead atoms. The van der Waals surface area contributed by atoms with Gasteiger partial charge >= 0.3 is 0 Å². The van der Waals surface area contributed by atoms with E-state index in [1.165, 1.54) is 30.6 Å². The lowest BCUT2D eigenvalue weighted by atomic mass is 9.82. The largest absolute Gasteiger partial charge is 0.394 e. The number of nitrogen functional groups attached to an aromatic ring is 1. The van der Waals surface area contributed by atoms with E-state index in [-0.39, 0.29) is 12.1 Å². The number of aliphatic hydroxyl groups is 1. The van der Waals surface area contributed by atoms with Crippen molar-refractivity contribution in [2.24, 2.45) is 0 Å². The normalized spacial score (nSPS) is 20.1. The summed E-state index contributed by atoms with van der Waals surface area (Å²) in [4.78, 5) is 4.17. The molecule has 0 radical (unpaired) electrons. The molecular weight excluding hydrogens is 210 g/mol. The molecule has 0 aliphatic heterocycles. The van der Waals surface area contributed by atoms with Gasteiger partial charge in [0.25, 0.3) is 0 Å². The van der Waals surface area contributed by atoms with E-state index in [9.17, 15) is 5.11 Å². The van der Waals surface area contributed by atoms with E-state index in [0.717, 1.165) is 18.0 Å². The minimum Gasteiger partial charge on any atom is -0.394 e. The highest BCUT2D eigenvalue weighted by Gasteiger charge is 2.31. The van der Waals surface area contributed by atoms with Crippen LogP contribution in [0.5, 0.6) is 0 Å². The maximum atomic E-state index is 9.49. The molecule has 15 heavy (non-hydrogen) atoms. The molecule has 1 aromatic heterocycles. The zero-order valence-electron chi connectivity index (χ0n) is 8.70. The Balaban J connectivity index is 2.06. The van der Waals surface area contributed by atoms with E-state index >= 15 is 0 Å². The van der Waals surface area contributed by atoms with Crippen LogP contribution in [0.25, 0.3) is 0 Å². The first-order valence-corrected chi connectivity index (χ1v) is 6.16. The molecule has 0 atom stereocenters. The van der Waals surface area contributed by atoms with Crippen LogP contribution < -0.4 is 11.1 Å². The number of thiazole rings is 1. The van der Waals surface area contributed by atoms with Crippen molar-refractivity contribution in [1.29, 1.82) is 0 Å². The molecule has 2 rings (SSSR count). The molecule has 1 aliphatic carbocycles. The number of aromatic nitrogens is 1. The summed E-state index contributed by atoms with van der Waals surface area (Å²) in [7, 11) is 0. The average Bonchev–Trinajstić information content (AvgIpc) is 2.65. The fourth-order valence-corrected chi connectivity index (χ4v) is 2.82. The van der Waals surface area contributed by atoms with Gasteiger partial charge in [0.2, 0.25) is 0 Å². The minimum absolute atomic E-state index is 0.164. The fraction of sp³-hybridized carbons (Fsp3) is 0.700. The van der Waals surface area contributed by atoms with Gasteiger partial charge in [-0.1, -0.05) is 30.6 Å². The van der Waals surface area contributed by atoms with Crippen LogP contribution in [0.4, 0.5) is 10.1 Å². The lowest BCUT2D eigenvalue weighted by molar-refractivity contribution is 0.173. The smallest absolute Gasteiger partial charge is 0.185 e. The summed E-state index contributed by atoms with van der Waals surface area (Å²) in [5.74, 6) is 0. The molecule has 1 fully saturated rings. The number of nitrogens with two attached hydrogens (primary N) is 1. The SMILES string of the molecule is Nc1cnc(NC2(CO)CCCCC2)s1. The van der Waals surface area contributed by atoms with E-state index in [4.69, 9.17) is 5.73 Å². The summed E-state index contributed by atoms with van der Waals surface area (Å²) in [6.07, 6.45) is 7.30. The van der Waals surface area contributed by atoms with Gasteiger partial charge in [0.05, 0.1) is 18.3 Å². The Morgan fingerprint density at radius 2 is 2.20 bits per heavy atom. The highest BCUT2D eigenvalue weighted by atomic mass is 32.1. The fourth-order valence-electron chi connectivity index (χ4n) is 2.12. The molecule has 0 unspecified atom stereocenters. The molecule has 1 aliphatic rings. The number of anilines is 2. The number of aliphatic hydroxyl groups excluding tert-OH is 1. The first-order chi connectivity index (χ1) is 7.24. The molecule has 0 spiro atoms. The molecule has 1 saturated carbocycles. The number of nitrogens with one attached hydrogen (secondary N) is 1. The van der Waals surface area contributed by atoms with E-state index in [1.54, 1.807) is 6.20 Å². The van der Waals surface area contributed by atoms with Gasteiger partial charge in [0, 0.05) is 0 Å². The monoisotopic (exact) mass is 227 g/mol. The molecule has 5 heteroatoms. The number of nitrogens with zero attached hydrogens (tertiary/aromatic N) is 1. The molecular formula is C10H17N3OS. The minimum atomic E-state index is -0.164. The van der Waals surface area contributed by atoms with Crippen LogP contribution in [-0.4, -0.2) is 22.2 Å². The van der Waals surface area contributed by atoms with Crippen LogP contribution in [-0.2, 0) is 0 Å². The first-order valence-electron chi connectivity index (χ1n) is 5.34. The van der Waals surface area contributed by atoms with Crippen molar-refractivity contribution < 1.29 is 5.11 Å². The van der Waals surface area contributed by atoms with Gasteiger partial charge in [-0.2, -0.15) is 0 Å². The number of hydrogen-bond donors (Lipinski definition) is 3. The predicted octanol–water partition coefficient (Wildman–Crippen LogP) is 1.83. The third-order valence-electron chi connectivity index (χ3n) is 3.01. The number of rotatable bonds is 3. The summed E-state index contributed by atoms with van der Waals surface area (Å²) in [6.45, 7) is 0.173. The molecule has 84 valence electrons. The third kappa shape index (κ3) is 2.41. The number of hydrogen-bond acceptors (Lipinski definition) is 5. The standard InChI is InChI=1S/C10H17N3OS/c11-8-6-12-9(15-8)13-10(7-14)4-2-1-3-5-10/h6,14H,1-5,7,11H2,(H,12,13). The highest BCUT2D eigenvalue weighted by Crippen LogP contribution is 2.33. The quantitative estimate of drug-likeness (QED) is 0.736. The molecule has 0 aromatic carbocycles. The van der Waals surface area contributed by atoms with Crippen LogP contribution in [0.1, 0.15) is 32.1 Å². The lowest BCUT2D eigenvalue weighted by Crippen LogP contribution is -2.43. The average molecular weight is 227 g/mol. The Bertz CT molecular complexity index is 320. The Labute approximate surface area is 93.5 Å². The van der Waals surface area contributed by atoms with Crippen molar-refractivity contribution in [3.63, 3.8) is 0 Å². The summed E-state index contributed by atoms with van der Waals surface area (Å²) in [5.41, 5.74) is 5.46. The van der Waals surface area contributed by atoms with Crippen molar-refractivity contribution in [1.82, 2.24) is 4.98 Å². The Hall–Kier alpha value is -0.810. The second-order valence-electron chi connectivity index (χ2n) is 4.19. The van der Waals surface area contributed by atoms with Crippen molar-refractivity contribution >= 4 is 21.5 Å². The molecule has 4 nitrogen and oxygen atoms in total. The zero-order chi connectivity index (χ0) is 10.7. The second-order valence-corrected chi connectivity index (χ2v) is 5.25. The van der Waals surface area contributed by atoms with Crippen molar-refractivity contribution in [3.05, 3.63) is 6.20 Å². The molecule has 4 N–H and O–H groups in total. The van der Waals surface area contributed by atoms with Crippen LogP contribution in [0, 0.1) is 0 Å². The zero-order valence-corrected chi connectivity index (χ0v) is 9.52. The summed E-state index contributed by atoms with van der Waals surface area (Å²) in [6, 6.07) is 0. The molecule has 1 aromatic rings. The van der Waals surface area contributed by atoms with Crippen molar-refractivity contribution in [2.75, 3.05) is 17.7 Å². The van der Waals surface area contributed by atoms with Gasteiger partial charge in [0.15, 0.2) is 5.13 Å². The third-order valence-corrected chi connectivity index (χ3v) is 3.75. The Morgan fingerprint density at radius 1 is 1.47 bits per heavy atom. The van der Waals surface area contributed by atoms with Gasteiger partial charge in [-0.15, -0.1) is 0 Å². The summed E-state index contributed by atoms with van der Waals surface area (Å²) >= 11 is 1.44. The Kier molecular flexibility index (Phi) is 3.11. The highest BCUT2D eigenvalue weighted by molar-refractivity contribution is 7.19. The van der Waals surface area contributed by atoms with Gasteiger partial charge in [-0.25, -0.2) is 4.98 Å². The summed E-state index contributed by atoms with van der Waals surface area (Å²) < 4.78 is 0. The maximum absolute atomic E-state index is 9.49. The molecule has 0 amide bonds. The van der Waals surface area contributed by atoms with Crippen molar-refractivity contribution in [3.8, 4) is 0 Å². The topological polar surface area (TPSA) is 71.2 Å². The van der Waals surface area contributed by atoms with Crippen LogP contribution in [0.15, 0.2) is 6.20 Å². The van der Waals surface area contributed by atoms with E-state index in [1.807, 2.05) is 0 Å². The van der Waals surface area contributed by atoms with Crippen LogP contribution in [0.2, 0.25) is 0 Å². The lowest BCUT2D eigenvalue weighted by Gasteiger charge is -2.36. The van der Waals surface area contributed by atoms with Gasteiger partial charge in [-0.05, 0) is 12.8 Å². The second kappa shape index (κ2) is 4.37. The maximum Gasteiger partial charge on any atom is 0.185 e. The van der Waals surface area contributed by atoms with Crippen LogP contribution >= 0.6 is 11.3 Å². The summed E-state index contributed by atoms with van der Waals surface area (Å²) in [5, 5.41) is 14.4. The van der Waals surface area contributed by atoms with E-state index in [2.05, 4.69) is 10.3 Å². The van der Waals surface area contributed by atoms with E-state index < -0.39 is 0 Å². The van der Waals surface area contributed by atoms with Gasteiger partial charge in [0.1, 0.15) is 5.00 Å². The predicted molar refractivity (Wildman–Crippen MR) is 63.1 cm³/mol.